The van der Waals surface area contributed by atoms with Crippen molar-refractivity contribution in [3.63, 3.8) is 0 Å². The zero-order valence-corrected chi connectivity index (χ0v) is 22.0. The Kier molecular flexibility index (Phi) is 7.65. The summed E-state index contributed by atoms with van der Waals surface area (Å²) in [6.45, 7) is 12.0. The van der Waals surface area contributed by atoms with Gasteiger partial charge in [-0.15, -0.1) is 0 Å². The van der Waals surface area contributed by atoms with Crippen LogP contribution in [0.1, 0.15) is 81.1 Å². The third kappa shape index (κ3) is 5.78. The number of hydrogen-bond donors (Lipinski definition) is 4. The number of aliphatic hydroxyl groups is 1. The molecule has 0 amide bonds. The maximum absolute atomic E-state index is 13.5. The summed E-state index contributed by atoms with van der Waals surface area (Å²) in [6, 6.07) is 12.3. The third-order valence-corrected chi connectivity index (χ3v) is 6.92. The highest BCUT2D eigenvalue weighted by molar-refractivity contribution is 6.01. The highest BCUT2D eigenvalue weighted by Gasteiger charge is 2.43. The molecule has 0 saturated carbocycles. The Labute approximate surface area is 213 Å². The summed E-state index contributed by atoms with van der Waals surface area (Å²) in [4.78, 5) is 26.6. The minimum absolute atomic E-state index is 0.0665. The van der Waals surface area contributed by atoms with Gasteiger partial charge in [-0.2, -0.15) is 0 Å². The van der Waals surface area contributed by atoms with Crippen LogP contribution < -0.4 is 0 Å². The maximum Gasteiger partial charge on any atom is 0.303 e. The van der Waals surface area contributed by atoms with Crippen molar-refractivity contribution in [2.75, 3.05) is 13.1 Å². The zero-order valence-electron chi connectivity index (χ0n) is 22.0. The van der Waals surface area contributed by atoms with E-state index in [0.29, 0.717) is 22.3 Å². The number of carbonyl (C=O) groups is 2. The Hall–Kier alpha value is -3.19. The van der Waals surface area contributed by atoms with Gasteiger partial charge in [0, 0.05) is 23.2 Å². The summed E-state index contributed by atoms with van der Waals surface area (Å²) in [5.74, 6) is -2.21. The average molecular weight is 495 g/mol. The van der Waals surface area contributed by atoms with Crippen LogP contribution in [0.2, 0.25) is 0 Å². The molecule has 1 heterocycles. The van der Waals surface area contributed by atoms with Crippen LogP contribution in [0.15, 0.2) is 42.5 Å². The number of aliphatic hydroxyl groups excluding tert-OH is 1. The van der Waals surface area contributed by atoms with Crippen molar-refractivity contribution in [1.82, 2.24) is 4.90 Å². The number of Topliss-reactive ketones (excluding diaryl/α,β-unsaturated/α-hetero) is 1. The van der Waals surface area contributed by atoms with E-state index in [4.69, 9.17) is 5.41 Å². The molecule has 3 atom stereocenters. The smallest absolute Gasteiger partial charge is 0.303 e. The first-order chi connectivity index (χ1) is 16.6. The molecule has 2 aromatic carbocycles. The fourth-order valence-electron chi connectivity index (χ4n) is 4.96. The number of nitrogens with zero attached hydrogens (tertiary/aromatic N) is 1. The lowest BCUT2D eigenvalue weighted by atomic mass is 9.78. The molecule has 194 valence electrons. The molecule has 3 rings (SSSR count). The summed E-state index contributed by atoms with van der Waals surface area (Å²) in [7, 11) is 0. The van der Waals surface area contributed by atoms with Crippen LogP contribution in [0, 0.1) is 17.2 Å². The largest absolute Gasteiger partial charge is 0.507 e. The van der Waals surface area contributed by atoms with Crippen molar-refractivity contribution in [1.29, 1.82) is 5.41 Å². The Morgan fingerprint density at radius 1 is 1.03 bits per heavy atom. The van der Waals surface area contributed by atoms with E-state index in [9.17, 15) is 24.9 Å². The highest BCUT2D eigenvalue weighted by Crippen LogP contribution is 2.41. The quantitative estimate of drug-likeness (QED) is 0.406. The minimum Gasteiger partial charge on any atom is -0.507 e. The lowest BCUT2D eigenvalue weighted by molar-refractivity contribution is -0.138. The minimum atomic E-state index is -1.04. The summed E-state index contributed by atoms with van der Waals surface area (Å²) in [5.41, 5.74) is 1.62. The van der Waals surface area contributed by atoms with Crippen LogP contribution in [-0.2, 0) is 15.6 Å². The fraction of sp³-hybridized carbons (Fsp3) is 0.483. The molecule has 7 heteroatoms. The van der Waals surface area contributed by atoms with Crippen molar-refractivity contribution in [2.24, 2.45) is 11.8 Å². The number of hydrogen-bond acceptors (Lipinski definition) is 5. The number of rotatable bonds is 7. The molecule has 0 bridgehead atoms. The molecule has 3 unspecified atom stereocenters. The number of phenolic OH excluding ortho intramolecular Hbond substituents is 1. The van der Waals surface area contributed by atoms with Crippen LogP contribution in [0.4, 0.5) is 0 Å². The zero-order chi connectivity index (χ0) is 27.0. The van der Waals surface area contributed by atoms with E-state index in [1.165, 1.54) is 0 Å². The average Bonchev–Trinajstić information content (AvgIpc) is 3.06. The van der Waals surface area contributed by atoms with E-state index in [1.54, 1.807) is 41.3 Å². The molecular weight excluding hydrogens is 456 g/mol. The van der Waals surface area contributed by atoms with E-state index >= 15 is 0 Å². The summed E-state index contributed by atoms with van der Waals surface area (Å²) >= 11 is 0. The van der Waals surface area contributed by atoms with Gasteiger partial charge in [-0.1, -0.05) is 71.9 Å². The topological polar surface area (TPSA) is 122 Å². The van der Waals surface area contributed by atoms with E-state index in [2.05, 4.69) is 0 Å². The molecule has 0 radical (unpaired) electrons. The monoisotopic (exact) mass is 494 g/mol. The predicted molar refractivity (Wildman–Crippen MR) is 140 cm³/mol. The number of amidine groups is 1. The molecule has 2 aromatic rings. The molecule has 4 N–H and O–H groups in total. The van der Waals surface area contributed by atoms with Crippen LogP contribution >= 0.6 is 0 Å². The standard InChI is InChI=1S/C29H38N2O5/c1-28(2,3)20-12-18(13-21(26(20)36)29(4,5)6)22(32)16-31-15-19(14-23(33)34)24(27(31)30)25(35)17-10-8-7-9-11-17/h7-13,19,24-25,30,35-36H,14-16H2,1-6H3,(H,33,34). The molecule has 1 aliphatic rings. The van der Waals surface area contributed by atoms with Gasteiger partial charge in [0.1, 0.15) is 11.6 Å². The number of carbonyl (C=O) groups excluding carboxylic acids is 1. The van der Waals surface area contributed by atoms with Crippen molar-refractivity contribution in [2.45, 2.75) is 64.9 Å². The van der Waals surface area contributed by atoms with Crippen molar-refractivity contribution in [3.05, 3.63) is 64.7 Å². The van der Waals surface area contributed by atoms with Crippen molar-refractivity contribution < 1.29 is 24.9 Å². The second kappa shape index (κ2) is 10.1. The summed E-state index contributed by atoms with van der Waals surface area (Å²) in [5, 5.41) is 40.3. The Balaban J connectivity index is 1.93. The molecule has 0 aliphatic carbocycles. The van der Waals surface area contributed by atoms with Gasteiger partial charge < -0.3 is 20.2 Å². The maximum atomic E-state index is 13.5. The van der Waals surface area contributed by atoms with Gasteiger partial charge in [0.25, 0.3) is 0 Å². The summed E-state index contributed by atoms with van der Waals surface area (Å²) < 4.78 is 0. The Morgan fingerprint density at radius 3 is 2.03 bits per heavy atom. The van der Waals surface area contributed by atoms with E-state index < -0.39 is 34.7 Å². The number of nitrogens with one attached hydrogen (secondary N) is 1. The van der Waals surface area contributed by atoms with Gasteiger partial charge in [0.15, 0.2) is 5.78 Å². The molecule has 0 spiro atoms. The van der Waals surface area contributed by atoms with Crippen LogP contribution in [0.3, 0.4) is 0 Å². The number of phenols is 1. The first-order valence-corrected chi connectivity index (χ1v) is 12.3. The third-order valence-electron chi connectivity index (χ3n) is 6.92. The molecule has 1 fully saturated rings. The normalized spacial score (nSPS) is 19.4. The second-order valence-corrected chi connectivity index (χ2v) is 11.8. The number of benzene rings is 2. The van der Waals surface area contributed by atoms with Gasteiger partial charge in [0.2, 0.25) is 0 Å². The van der Waals surface area contributed by atoms with Gasteiger partial charge in [-0.3, -0.25) is 15.0 Å². The van der Waals surface area contributed by atoms with E-state index in [1.807, 2.05) is 47.6 Å². The molecule has 1 saturated heterocycles. The van der Waals surface area contributed by atoms with E-state index in [-0.39, 0.29) is 36.9 Å². The fourth-order valence-corrected chi connectivity index (χ4v) is 4.96. The number of likely N-dealkylation sites (tertiary alicyclic amines) is 1. The number of ketones is 1. The Morgan fingerprint density at radius 2 is 1.56 bits per heavy atom. The molecule has 7 nitrogen and oxygen atoms in total. The first-order valence-electron chi connectivity index (χ1n) is 12.3. The number of aliphatic carboxylic acids is 1. The van der Waals surface area contributed by atoms with E-state index in [0.717, 1.165) is 0 Å². The predicted octanol–water partition coefficient (Wildman–Crippen LogP) is 4.90. The number of aromatic hydroxyl groups is 1. The highest BCUT2D eigenvalue weighted by atomic mass is 16.4. The van der Waals surface area contributed by atoms with Gasteiger partial charge in [-0.25, -0.2) is 0 Å². The SMILES string of the molecule is CC(C)(C)c1cc(C(=O)CN2CC(CC(=O)O)C(C(O)c3ccccc3)C2=N)cc(C(C)(C)C)c1O. The lowest BCUT2D eigenvalue weighted by Crippen LogP contribution is -2.34. The van der Waals surface area contributed by atoms with Crippen LogP contribution in [0.25, 0.3) is 0 Å². The van der Waals surface area contributed by atoms with Gasteiger partial charge >= 0.3 is 5.97 Å². The van der Waals surface area contributed by atoms with Gasteiger partial charge in [-0.05, 0) is 34.4 Å². The molecule has 36 heavy (non-hydrogen) atoms. The van der Waals surface area contributed by atoms with Crippen molar-refractivity contribution in [3.8, 4) is 5.75 Å². The second-order valence-electron chi connectivity index (χ2n) is 11.8. The van der Waals surface area contributed by atoms with Crippen molar-refractivity contribution >= 4 is 17.6 Å². The first kappa shape index (κ1) is 27.4. The number of carboxylic acid groups (broad SMARTS) is 1. The van der Waals surface area contributed by atoms with Crippen LogP contribution in [-0.4, -0.2) is 50.9 Å². The number of carboxylic acids is 1. The molecule has 0 aromatic heterocycles. The summed E-state index contributed by atoms with van der Waals surface area (Å²) in [6.07, 6.45) is -1.25. The Bertz CT molecular complexity index is 1110. The van der Waals surface area contributed by atoms with Gasteiger partial charge in [0.05, 0.1) is 25.0 Å². The lowest BCUT2D eigenvalue weighted by Gasteiger charge is -2.28. The van der Waals surface area contributed by atoms with Crippen LogP contribution in [0.5, 0.6) is 5.75 Å². The molecule has 1 aliphatic heterocycles. The molecular formula is C29H38N2O5.